The largest absolute Gasteiger partial charge is 0.481 e. The van der Waals surface area contributed by atoms with E-state index < -0.39 is 23.6 Å². The van der Waals surface area contributed by atoms with Gasteiger partial charge in [-0.15, -0.1) is 0 Å². The molecule has 1 aromatic carbocycles. The molecule has 1 saturated heterocycles. The summed E-state index contributed by atoms with van der Waals surface area (Å²) in [6, 6.07) is 8.67. The molecular formula is C19H18F3N3O2. The molecule has 0 amide bonds. The van der Waals surface area contributed by atoms with Crippen LogP contribution in [-0.4, -0.2) is 35.2 Å². The molecule has 0 aliphatic carbocycles. The predicted molar refractivity (Wildman–Crippen MR) is 94.2 cm³/mol. The number of aromatic nitrogens is 1. The van der Waals surface area contributed by atoms with Crippen LogP contribution in [0.4, 0.5) is 30.4 Å². The number of alkyl halides is 3. The molecule has 0 radical (unpaired) electrons. The number of carbonyl (C=O) groups is 1. The molecule has 0 spiro atoms. The third kappa shape index (κ3) is 3.20. The minimum atomic E-state index is -4.38. The van der Waals surface area contributed by atoms with Gasteiger partial charge in [0.15, 0.2) is 5.82 Å². The van der Waals surface area contributed by atoms with E-state index in [9.17, 15) is 23.1 Å². The lowest BCUT2D eigenvalue weighted by molar-refractivity contribution is -0.142. The lowest BCUT2D eigenvalue weighted by Crippen LogP contribution is -2.53. The second-order valence-electron chi connectivity index (χ2n) is 6.91. The number of anilines is 3. The molecule has 1 aromatic heterocycles. The van der Waals surface area contributed by atoms with Gasteiger partial charge >= 0.3 is 12.1 Å². The van der Waals surface area contributed by atoms with Gasteiger partial charge in [0.25, 0.3) is 0 Å². The minimum absolute atomic E-state index is 0.0513. The van der Waals surface area contributed by atoms with Crippen LogP contribution in [0.2, 0.25) is 0 Å². The Morgan fingerprint density at radius 2 is 1.93 bits per heavy atom. The predicted octanol–water partition coefficient (Wildman–Crippen LogP) is 3.92. The first kappa shape index (κ1) is 17.6. The molecule has 2 aromatic rings. The van der Waals surface area contributed by atoms with E-state index in [2.05, 4.69) is 9.88 Å². The standard InChI is InChI=1S/C19H18F3N3O2/c20-19(21,22)13-3-5-14(6-4-13)25-11-15-10-12(18(26)27)7-9-24(15)17-16(25)2-1-8-23-17/h1-6,8,12,15H,7,9-11H2,(H,26,27)/t12-,15-/m0/s1. The van der Waals surface area contributed by atoms with Crippen molar-refractivity contribution in [3.05, 3.63) is 48.2 Å². The third-order valence-electron chi connectivity index (χ3n) is 5.29. The summed E-state index contributed by atoms with van der Waals surface area (Å²) in [7, 11) is 0. The molecule has 27 heavy (non-hydrogen) atoms. The Kier molecular flexibility index (Phi) is 4.20. The van der Waals surface area contributed by atoms with Gasteiger partial charge < -0.3 is 14.9 Å². The molecule has 0 saturated carbocycles. The maximum atomic E-state index is 12.9. The van der Waals surface area contributed by atoms with Gasteiger partial charge in [-0.2, -0.15) is 13.2 Å². The average molecular weight is 377 g/mol. The summed E-state index contributed by atoms with van der Waals surface area (Å²) in [6.07, 6.45) is -1.66. The molecule has 1 fully saturated rings. The second kappa shape index (κ2) is 6.44. The van der Waals surface area contributed by atoms with Crippen molar-refractivity contribution < 1.29 is 23.1 Å². The van der Waals surface area contributed by atoms with Gasteiger partial charge in [0.05, 0.1) is 17.2 Å². The molecule has 0 unspecified atom stereocenters. The van der Waals surface area contributed by atoms with Crippen molar-refractivity contribution in [2.24, 2.45) is 5.92 Å². The first-order valence-electron chi connectivity index (χ1n) is 8.74. The maximum Gasteiger partial charge on any atom is 0.416 e. The Hall–Kier alpha value is -2.77. The number of piperidine rings is 1. The monoisotopic (exact) mass is 377 g/mol. The van der Waals surface area contributed by atoms with Crippen molar-refractivity contribution in [3.63, 3.8) is 0 Å². The first-order chi connectivity index (χ1) is 12.8. The molecule has 1 N–H and O–H groups in total. The van der Waals surface area contributed by atoms with E-state index in [-0.39, 0.29) is 6.04 Å². The quantitative estimate of drug-likeness (QED) is 0.860. The van der Waals surface area contributed by atoms with Crippen molar-refractivity contribution >= 4 is 23.2 Å². The number of hydrogen-bond acceptors (Lipinski definition) is 4. The van der Waals surface area contributed by atoms with Crippen LogP contribution in [0.1, 0.15) is 18.4 Å². The van der Waals surface area contributed by atoms with E-state index in [0.29, 0.717) is 31.6 Å². The summed E-state index contributed by atoms with van der Waals surface area (Å²) in [5.41, 5.74) is 0.761. The van der Waals surface area contributed by atoms with Crippen LogP contribution in [0.3, 0.4) is 0 Å². The highest BCUT2D eigenvalue weighted by atomic mass is 19.4. The van der Waals surface area contributed by atoms with Crippen molar-refractivity contribution in [2.45, 2.75) is 25.1 Å². The fourth-order valence-electron chi connectivity index (χ4n) is 3.93. The summed E-state index contributed by atoms with van der Waals surface area (Å²) in [6.45, 7) is 1.11. The second-order valence-corrected chi connectivity index (χ2v) is 6.91. The fraction of sp³-hybridized carbons (Fsp3) is 0.368. The van der Waals surface area contributed by atoms with Crippen LogP contribution in [0, 0.1) is 5.92 Å². The van der Waals surface area contributed by atoms with Crippen LogP contribution < -0.4 is 9.80 Å². The molecular weight excluding hydrogens is 359 g/mol. The molecule has 3 heterocycles. The summed E-state index contributed by atoms with van der Waals surface area (Å²) >= 11 is 0. The zero-order chi connectivity index (χ0) is 19.2. The van der Waals surface area contributed by atoms with Gasteiger partial charge in [-0.05, 0) is 49.2 Å². The molecule has 8 heteroatoms. The van der Waals surface area contributed by atoms with E-state index in [1.807, 2.05) is 11.0 Å². The molecule has 2 aliphatic heterocycles. The maximum absolute atomic E-state index is 12.9. The number of aliphatic carboxylic acids is 1. The highest BCUT2D eigenvalue weighted by Gasteiger charge is 2.39. The van der Waals surface area contributed by atoms with Crippen molar-refractivity contribution in [3.8, 4) is 0 Å². The van der Waals surface area contributed by atoms with Crippen LogP contribution in [-0.2, 0) is 11.0 Å². The van der Waals surface area contributed by atoms with Gasteiger partial charge in [-0.1, -0.05) is 0 Å². The van der Waals surface area contributed by atoms with Gasteiger partial charge in [-0.25, -0.2) is 4.98 Å². The van der Waals surface area contributed by atoms with E-state index >= 15 is 0 Å². The minimum Gasteiger partial charge on any atom is -0.481 e. The average Bonchev–Trinajstić information content (AvgIpc) is 2.66. The number of fused-ring (bicyclic) bond motifs is 3. The third-order valence-corrected chi connectivity index (χ3v) is 5.29. The lowest BCUT2D eigenvalue weighted by Gasteiger charge is -2.47. The Morgan fingerprint density at radius 1 is 1.19 bits per heavy atom. The van der Waals surface area contributed by atoms with Gasteiger partial charge in [0.2, 0.25) is 0 Å². The number of halogens is 3. The van der Waals surface area contributed by atoms with Gasteiger partial charge in [0.1, 0.15) is 0 Å². The molecule has 0 bridgehead atoms. The highest BCUT2D eigenvalue weighted by molar-refractivity contribution is 5.78. The SMILES string of the molecule is O=C(O)[C@H]1CCN2c3ncccc3N(c3ccc(C(F)(F)F)cc3)C[C@@H]2C1. The fourth-order valence-corrected chi connectivity index (χ4v) is 3.93. The van der Waals surface area contributed by atoms with Gasteiger partial charge in [-0.3, -0.25) is 4.79 Å². The Bertz CT molecular complexity index is 854. The summed E-state index contributed by atoms with van der Waals surface area (Å²) < 4.78 is 38.6. The highest BCUT2D eigenvalue weighted by Crippen LogP contribution is 2.42. The molecule has 142 valence electrons. The Morgan fingerprint density at radius 3 is 2.59 bits per heavy atom. The lowest BCUT2D eigenvalue weighted by atomic mass is 9.89. The van der Waals surface area contributed by atoms with E-state index in [1.54, 1.807) is 12.3 Å². The normalized spacial score (nSPS) is 22.2. The number of nitrogens with zero attached hydrogens (tertiary/aromatic N) is 3. The number of benzene rings is 1. The van der Waals surface area contributed by atoms with Crippen LogP contribution in [0.15, 0.2) is 42.6 Å². The molecule has 5 nitrogen and oxygen atoms in total. The first-order valence-corrected chi connectivity index (χ1v) is 8.74. The topological polar surface area (TPSA) is 56.7 Å². The van der Waals surface area contributed by atoms with Gasteiger partial charge in [0, 0.05) is 31.0 Å². The van der Waals surface area contributed by atoms with Crippen molar-refractivity contribution in [1.29, 1.82) is 0 Å². The zero-order valence-electron chi connectivity index (χ0n) is 14.4. The van der Waals surface area contributed by atoms with Crippen LogP contribution in [0.25, 0.3) is 0 Å². The number of carboxylic acids is 1. The number of pyridine rings is 1. The molecule has 2 aliphatic rings. The van der Waals surface area contributed by atoms with Crippen molar-refractivity contribution in [1.82, 2.24) is 4.98 Å². The molecule has 2 atom stereocenters. The smallest absolute Gasteiger partial charge is 0.416 e. The van der Waals surface area contributed by atoms with Crippen molar-refractivity contribution in [2.75, 3.05) is 22.9 Å². The Labute approximate surface area is 154 Å². The van der Waals surface area contributed by atoms with E-state index in [0.717, 1.165) is 23.6 Å². The number of carboxylic acid groups (broad SMARTS) is 1. The van der Waals surface area contributed by atoms with E-state index in [1.165, 1.54) is 12.1 Å². The number of hydrogen-bond donors (Lipinski definition) is 1. The van der Waals surface area contributed by atoms with Crippen LogP contribution in [0.5, 0.6) is 0 Å². The Balaban J connectivity index is 1.69. The summed E-state index contributed by atoms with van der Waals surface area (Å²) in [4.78, 5) is 19.9. The van der Waals surface area contributed by atoms with E-state index in [4.69, 9.17) is 0 Å². The number of rotatable bonds is 2. The molecule has 4 rings (SSSR count). The zero-order valence-corrected chi connectivity index (χ0v) is 14.4. The summed E-state index contributed by atoms with van der Waals surface area (Å²) in [5, 5.41) is 9.36. The summed E-state index contributed by atoms with van der Waals surface area (Å²) in [5.74, 6) is -0.467. The van der Waals surface area contributed by atoms with Crippen LogP contribution >= 0.6 is 0 Å².